The van der Waals surface area contributed by atoms with Crippen molar-refractivity contribution in [3.63, 3.8) is 0 Å². The number of morpholine rings is 1. The lowest BCUT2D eigenvalue weighted by Crippen LogP contribution is -2.56. The van der Waals surface area contributed by atoms with Gasteiger partial charge in [0.1, 0.15) is 13.2 Å². The second-order valence-corrected chi connectivity index (χ2v) is 4.78. The van der Waals surface area contributed by atoms with E-state index in [2.05, 4.69) is 0 Å². The van der Waals surface area contributed by atoms with Crippen LogP contribution in [0.25, 0.3) is 0 Å². The van der Waals surface area contributed by atoms with Gasteiger partial charge in [0.2, 0.25) is 0 Å². The summed E-state index contributed by atoms with van der Waals surface area (Å²) in [5, 5.41) is 9.27. The van der Waals surface area contributed by atoms with Crippen molar-refractivity contribution in [3.05, 3.63) is 0 Å². The number of imide groups is 1. The van der Waals surface area contributed by atoms with E-state index < -0.39 is 29.2 Å². The van der Waals surface area contributed by atoms with E-state index in [-0.39, 0.29) is 13.2 Å². The Labute approximate surface area is 98.5 Å². The molecule has 2 rings (SSSR count). The van der Waals surface area contributed by atoms with Gasteiger partial charge in [-0.2, -0.15) is 0 Å². The van der Waals surface area contributed by atoms with E-state index >= 15 is 0 Å². The number of amides is 2. The molecular weight excluding hydrogens is 226 g/mol. The molecule has 1 aliphatic heterocycles. The predicted molar refractivity (Wildman–Crippen MR) is 56.1 cm³/mol. The second kappa shape index (κ2) is 4.10. The van der Waals surface area contributed by atoms with E-state index in [4.69, 9.17) is 4.74 Å². The molecule has 2 unspecified atom stereocenters. The van der Waals surface area contributed by atoms with Gasteiger partial charge >= 0.3 is 5.97 Å². The molecule has 94 valence electrons. The van der Waals surface area contributed by atoms with Gasteiger partial charge in [0.05, 0.1) is 11.5 Å². The van der Waals surface area contributed by atoms with Gasteiger partial charge in [0, 0.05) is 0 Å². The fourth-order valence-corrected chi connectivity index (χ4v) is 2.66. The van der Waals surface area contributed by atoms with Crippen LogP contribution >= 0.6 is 0 Å². The molecule has 2 aliphatic rings. The van der Waals surface area contributed by atoms with Crippen LogP contribution in [0.4, 0.5) is 0 Å². The van der Waals surface area contributed by atoms with Gasteiger partial charge in [0.25, 0.3) is 11.8 Å². The van der Waals surface area contributed by atoms with Gasteiger partial charge in [-0.05, 0) is 19.8 Å². The zero-order valence-electron chi connectivity index (χ0n) is 9.64. The fraction of sp³-hybridized carbons (Fsp3) is 0.727. The van der Waals surface area contributed by atoms with Gasteiger partial charge in [-0.3, -0.25) is 19.3 Å². The van der Waals surface area contributed by atoms with Crippen molar-refractivity contribution < 1.29 is 24.2 Å². The number of aliphatic carboxylic acids is 1. The van der Waals surface area contributed by atoms with Crippen LogP contribution in [0.2, 0.25) is 0 Å². The summed E-state index contributed by atoms with van der Waals surface area (Å²) in [7, 11) is 0. The van der Waals surface area contributed by atoms with E-state index in [0.29, 0.717) is 19.3 Å². The van der Waals surface area contributed by atoms with Gasteiger partial charge in [-0.1, -0.05) is 6.42 Å². The van der Waals surface area contributed by atoms with Crippen molar-refractivity contribution in [2.24, 2.45) is 5.41 Å². The van der Waals surface area contributed by atoms with E-state index in [1.165, 1.54) is 0 Å². The lowest BCUT2D eigenvalue weighted by molar-refractivity contribution is -0.167. The number of nitrogens with zero attached hydrogens (tertiary/aromatic N) is 1. The number of ether oxygens (including phenoxy) is 1. The first-order valence-electron chi connectivity index (χ1n) is 5.63. The van der Waals surface area contributed by atoms with Crippen LogP contribution in [0.3, 0.4) is 0 Å². The van der Waals surface area contributed by atoms with Crippen molar-refractivity contribution in [3.8, 4) is 0 Å². The third-order valence-electron chi connectivity index (χ3n) is 3.70. The second-order valence-electron chi connectivity index (χ2n) is 4.78. The fourth-order valence-electron chi connectivity index (χ4n) is 2.66. The Kier molecular flexibility index (Phi) is 2.91. The summed E-state index contributed by atoms with van der Waals surface area (Å²) in [6, 6.07) is -0.538. The van der Waals surface area contributed by atoms with Crippen LogP contribution in [0.15, 0.2) is 0 Å². The highest BCUT2D eigenvalue weighted by atomic mass is 16.5. The van der Waals surface area contributed by atoms with Crippen molar-refractivity contribution in [2.75, 3.05) is 13.2 Å². The Morgan fingerprint density at radius 3 is 2.53 bits per heavy atom. The minimum absolute atomic E-state index is 0.141. The van der Waals surface area contributed by atoms with Crippen LogP contribution in [-0.4, -0.2) is 47.0 Å². The zero-order valence-corrected chi connectivity index (χ0v) is 9.64. The predicted octanol–water partition coefficient (Wildman–Crippen LogP) is 0.0152. The molecule has 0 bridgehead atoms. The smallest absolute Gasteiger partial charge is 0.311 e. The molecule has 0 aromatic heterocycles. The molecule has 0 aromatic rings. The molecular formula is C11H15NO5. The highest BCUT2D eigenvalue weighted by Crippen LogP contribution is 2.41. The van der Waals surface area contributed by atoms with Gasteiger partial charge in [0.15, 0.2) is 0 Å². The molecule has 1 aliphatic carbocycles. The van der Waals surface area contributed by atoms with Gasteiger partial charge in [-0.25, -0.2) is 0 Å². The quantitative estimate of drug-likeness (QED) is 0.689. The van der Waals surface area contributed by atoms with Crippen molar-refractivity contribution >= 4 is 17.8 Å². The number of carboxylic acids is 1. The first-order valence-corrected chi connectivity index (χ1v) is 5.63. The maximum Gasteiger partial charge on any atom is 0.311 e. The van der Waals surface area contributed by atoms with Crippen molar-refractivity contribution in [2.45, 2.75) is 32.2 Å². The van der Waals surface area contributed by atoms with Crippen LogP contribution in [-0.2, 0) is 19.1 Å². The van der Waals surface area contributed by atoms with Crippen LogP contribution < -0.4 is 0 Å². The summed E-state index contributed by atoms with van der Waals surface area (Å²) in [6.45, 7) is 1.32. The standard InChI is InChI=1S/C11H15NO5/c1-11(10(15)16)4-2-3-7(11)12-8(13)5-17-6-9(12)14/h7H,2-6H2,1H3,(H,15,16). The largest absolute Gasteiger partial charge is 0.481 e. The first kappa shape index (κ1) is 12.0. The van der Waals surface area contributed by atoms with E-state index in [1.807, 2.05) is 0 Å². The third kappa shape index (κ3) is 1.82. The normalized spacial score (nSPS) is 34.2. The first-order chi connectivity index (χ1) is 7.97. The van der Waals surface area contributed by atoms with Crippen LogP contribution in [0.5, 0.6) is 0 Å². The molecule has 17 heavy (non-hydrogen) atoms. The average molecular weight is 241 g/mol. The lowest BCUT2D eigenvalue weighted by atomic mass is 9.83. The summed E-state index contributed by atoms with van der Waals surface area (Å²) < 4.78 is 4.82. The molecule has 1 N–H and O–H groups in total. The molecule has 0 spiro atoms. The molecule has 1 heterocycles. The highest BCUT2D eigenvalue weighted by molar-refractivity contribution is 5.99. The molecule has 2 amide bonds. The summed E-state index contributed by atoms with van der Waals surface area (Å²) in [5.74, 6) is -1.81. The molecule has 6 nitrogen and oxygen atoms in total. The molecule has 1 saturated heterocycles. The Hall–Kier alpha value is -1.43. The Bertz CT molecular complexity index is 364. The number of hydrogen-bond acceptors (Lipinski definition) is 4. The van der Waals surface area contributed by atoms with E-state index in [1.54, 1.807) is 6.92 Å². The third-order valence-corrected chi connectivity index (χ3v) is 3.70. The summed E-state index contributed by atoms with van der Waals surface area (Å²) >= 11 is 0. The molecule has 6 heteroatoms. The molecule has 0 aromatic carbocycles. The summed E-state index contributed by atoms with van der Waals surface area (Å²) in [5.41, 5.74) is -1.03. The molecule has 2 atom stereocenters. The Morgan fingerprint density at radius 2 is 2.00 bits per heavy atom. The Balaban J connectivity index is 2.29. The number of carbonyl (C=O) groups is 3. The highest BCUT2D eigenvalue weighted by Gasteiger charge is 2.51. The summed E-state index contributed by atoms with van der Waals surface area (Å²) in [4.78, 5) is 35.8. The topological polar surface area (TPSA) is 83.9 Å². The van der Waals surface area contributed by atoms with E-state index in [0.717, 1.165) is 4.90 Å². The number of hydrogen-bond donors (Lipinski definition) is 1. The molecule has 1 saturated carbocycles. The number of carbonyl (C=O) groups excluding carboxylic acids is 2. The monoisotopic (exact) mass is 241 g/mol. The van der Waals surface area contributed by atoms with Crippen molar-refractivity contribution in [1.29, 1.82) is 0 Å². The summed E-state index contributed by atoms with van der Waals surface area (Å²) in [6.07, 6.45) is 1.76. The maximum absolute atomic E-state index is 11.7. The Morgan fingerprint density at radius 1 is 1.41 bits per heavy atom. The average Bonchev–Trinajstić information content (AvgIpc) is 2.62. The molecule has 2 fully saturated rings. The number of rotatable bonds is 2. The van der Waals surface area contributed by atoms with Crippen molar-refractivity contribution in [1.82, 2.24) is 4.90 Å². The van der Waals surface area contributed by atoms with Crippen LogP contribution in [0.1, 0.15) is 26.2 Å². The van der Waals surface area contributed by atoms with E-state index in [9.17, 15) is 19.5 Å². The van der Waals surface area contributed by atoms with Gasteiger partial charge < -0.3 is 9.84 Å². The minimum atomic E-state index is -1.03. The lowest BCUT2D eigenvalue weighted by Gasteiger charge is -2.37. The number of carboxylic acid groups (broad SMARTS) is 1. The minimum Gasteiger partial charge on any atom is -0.481 e. The SMILES string of the molecule is CC1(C(=O)O)CCCC1N1C(=O)COCC1=O. The zero-order chi connectivity index (χ0) is 12.6. The maximum atomic E-state index is 11.7. The van der Waals surface area contributed by atoms with Gasteiger partial charge in [-0.15, -0.1) is 0 Å². The van der Waals surface area contributed by atoms with Crippen LogP contribution in [0, 0.1) is 5.41 Å². The molecule has 0 radical (unpaired) electrons.